The van der Waals surface area contributed by atoms with E-state index >= 15 is 0 Å². The molecule has 7 nitrogen and oxygen atoms in total. The number of aliphatic carboxylic acids is 1. The van der Waals surface area contributed by atoms with Gasteiger partial charge in [-0.2, -0.15) is 0 Å². The lowest BCUT2D eigenvalue weighted by Gasteiger charge is -2.12. The fourth-order valence-electron chi connectivity index (χ4n) is 2.60. The van der Waals surface area contributed by atoms with Gasteiger partial charge in [0.15, 0.2) is 0 Å². The number of imide groups is 1. The van der Waals surface area contributed by atoms with E-state index in [0.717, 1.165) is 0 Å². The molecule has 150 valence electrons. The molecule has 1 saturated heterocycles. The molecule has 0 unspecified atom stereocenters. The Bertz CT molecular complexity index is 1020. The Morgan fingerprint density at radius 1 is 1.21 bits per heavy atom. The van der Waals surface area contributed by atoms with Crippen LogP contribution < -0.4 is 10.1 Å². The van der Waals surface area contributed by atoms with Crippen molar-refractivity contribution in [2.24, 2.45) is 0 Å². The summed E-state index contributed by atoms with van der Waals surface area (Å²) >= 11 is 6.78. The van der Waals surface area contributed by atoms with Crippen molar-refractivity contribution >= 4 is 55.8 Å². The number of nitrogens with one attached hydrogen (secondary N) is 1. The van der Waals surface area contributed by atoms with Crippen molar-refractivity contribution in [3.05, 3.63) is 68.0 Å². The fourth-order valence-corrected chi connectivity index (χ4v) is 4.05. The highest BCUT2D eigenvalue weighted by Crippen LogP contribution is 2.36. The third-order valence-electron chi connectivity index (χ3n) is 3.86. The van der Waals surface area contributed by atoms with Crippen LogP contribution in [0.1, 0.15) is 11.1 Å². The Hall–Kier alpha value is -2.72. The number of urea groups is 1. The molecule has 1 heterocycles. The molecule has 0 aromatic heterocycles. The highest BCUT2D eigenvalue weighted by Gasteiger charge is 2.34. The number of carboxylic acid groups (broad SMARTS) is 1. The van der Waals surface area contributed by atoms with Crippen LogP contribution in [0.3, 0.4) is 0 Å². The SMILES string of the molecule is O=C(O)CN1C(=O)N/C(=C/c2cc(Br)c(OCc3cccc(F)c3)c(Br)c2)C1=O. The number of amides is 3. The van der Waals surface area contributed by atoms with E-state index in [1.54, 1.807) is 24.3 Å². The Balaban J connectivity index is 1.78. The monoisotopic (exact) mass is 526 g/mol. The summed E-state index contributed by atoms with van der Waals surface area (Å²) in [6.07, 6.45) is 1.42. The molecule has 1 aliphatic heterocycles. The molecule has 1 aliphatic rings. The average molecular weight is 528 g/mol. The average Bonchev–Trinajstić information content (AvgIpc) is 2.88. The van der Waals surface area contributed by atoms with Crippen LogP contribution in [0.15, 0.2) is 51.0 Å². The molecule has 0 bridgehead atoms. The molecule has 3 amide bonds. The summed E-state index contributed by atoms with van der Waals surface area (Å²) in [5.41, 5.74) is 1.18. The van der Waals surface area contributed by atoms with Crippen LogP contribution in [-0.2, 0) is 16.2 Å². The number of carbonyl (C=O) groups excluding carboxylic acids is 2. The molecular formula is C19H13Br2FN2O5. The van der Waals surface area contributed by atoms with E-state index in [1.165, 1.54) is 18.2 Å². The molecule has 1 fully saturated rings. The van der Waals surface area contributed by atoms with Crippen molar-refractivity contribution in [1.29, 1.82) is 0 Å². The summed E-state index contributed by atoms with van der Waals surface area (Å²) in [5.74, 6) is -1.90. The van der Waals surface area contributed by atoms with Crippen molar-refractivity contribution in [1.82, 2.24) is 10.2 Å². The van der Waals surface area contributed by atoms with Gasteiger partial charge in [-0.1, -0.05) is 12.1 Å². The van der Waals surface area contributed by atoms with Gasteiger partial charge in [0.05, 0.1) is 8.95 Å². The van der Waals surface area contributed by atoms with Crippen LogP contribution in [0.25, 0.3) is 6.08 Å². The summed E-state index contributed by atoms with van der Waals surface area (Å²) in [6.45, 7) is -0.573. The minimum absolute atomic E-state index is 0.0384. The standard InChI is InChI=1S/C19H13Br2FN2O5/c20-13-5-11(7-15-18(27)24(8-16(25)26)19(28)23-15)6-14(21)17(13)29-9-10-2-1-3-12(22)4-10/h1-7H,8-9H2,(H,23,28)(H,25,26)/b15-7+. The van der Waals surface area contributed by atoms with Gasteiger partial charge in [0.1, 0.15) is 30.4 Å². The third-order valence-corrected chi connectivity index (χ3v) is 5.04. The van der Waals surface area contributed by atoms with Gasteiger partial charge in [0, 0.05) is 0 Å². The highest BCUT2D eigenvalue weighted by molar-refractivity contribution is 9.11. The van der Waals surface area contributed by atoms with Gasteiger partial charge in [-0.15, -0.1) is 0 Å². The van der Waals surface area contributed by atoms with Crippen LogP contribution in [-0.4, -0.2) is 34.5 Å². The lowest BCUT2D eigenvalue weighted by Crippen LogP contribution is -2.35. The highest BCUT2D eigenvalue weighted by atomic mass is 79.9. The maximum Gasteiger partial charge on any atom is 0.329 e. The molecule has 2 N–H and O–H groups in total. The molecule has 3 rings (SSSR count). The first kappa shape index (κ1) is 21.0. The predicted molar refractivity (Wildman–Crippen MR) is 108 cm³/mol. The summed E-state index contributed by atoms with van der Waals surface area (Å²) in [5, 5.41) is 11.1. The Labute approximate surface area is 181 Å². The first-order valence-electron chi connectivity index (χ1n) is 8.17. The molecule has 2 aromatic carbocycles. The van der Waals surface area contributed by atoms with E-state index in [4.69, 9.17) is 9.84 Å². The molecule has 2 aromatic rings. The van der Waals surface area contributed by atoms with Gasteiger partial charge < -0.3 is 15.2 Å². The molecular weight excluding hydrogens is 515 g/mol. The van der Waals surface area contributed by atoms with Gasteiger partial charge >= 0.3 is 12.0 Å². The van der Waals surface area contributed by atoms with E-state index in [9.17, 15) is 18.8 Å². The Kier molecular flexibility index (Phi) is 6.33. The minimum atomic E-state index is -1.29. The second-order valence-corrected chi connectivity index (χ2v) is 7.71. The summed E-state index contributed by atoms with van der Waals surface area (Å²) < 4.78 is 20.2. The predicted octanol–water partition coefficient (Wildman–Crippen LogP) is 3.91. The zero-order valence-corrected chi connectivity index (χ0v) is 17.8. The molecule has 0 radical (unpaired) electrons. The first-order chi connectivity index (χ1) is 13.7. The third kappa shape index (κ3) is 5.01. The lowest BCUT2D eigenvalue weighted by molar-refractivity contribution is -0.140. The smallest absolute Gasteiger partial charge is 0.329 e. The number of carbonyl (C=O) groups is 3. The molecule has 0 saturated carbocycles. The summed E-state index contributed by atoms with van der Waals surface area (Å²) in [7, 11) is 0. The van der Waals surface area contributed by atoms with E-state index in [0.29, 0.717) is 30.7 Å². The molecule has 0 atom stereocenters. The van der Waals surface area contributed by atoms with Crippen molar-refractivity contribution in [2.45, 2.75) is 6.61 Å². The van der Waals surface area contributed by atoms with Crippen LogP contribution >= 0.6 is 31.9 Å². The maximum atomic E-state index is 13.3. The number of hydrogen-bond acceptors (Lipinski definition) is 4. The van der Waals surface area contributed by atoms with Crippen molar-refractivity contribution in [2.75, 3.05) is 6.54 Å². The number of ether oxygens (including phenoxy) is 1. The largest absolute Gasteiger partial charge is 0.487 e. The van der Waals surface area contributed by atoms with Gasteiger partial charge in [0.2, 0.25) is 0 Å². The maximum absolute atomic E-state index is 13.3. The first-order valence-corrected chi connectivity index (χ1v) is 9.76. The number of benzene rings is 2. The van der Waals surface area contributed by atoms with Crippen LogP contribution in [0.5, 0.6) is 5.75 Å². The van der Waals surface area contributed by atoms with Crippen molar-refractivity contribution in [3.63, 3.8) is 0 Å². The topological polar surface area (TPSA) is 95.9 Å². The zero-order valence-electron chi connectivity index (χ0n) is 14.6. The normalized spacial score (nSPS) is 15.0. The van der Waals surface area contributed by atoms with E-state index < -0.39 is 24.5 Å². The molecule has 0 aliphatic carbocycles. The van der Waals surface area contributed by atoms with Gasteiger partial charge in [-0.05, 0) is 73.3 Å². The molecule has 0 spiro atoms. The van der Waals surface area contributed by atoms with E-state index in [-0.39, 0.29) is 18.1 Å². The Morgan fingerprint density at radius 3 is 2.52 bits per heavy atom. The second-order valence-electron chi connectivity index (χ2n) is 6.01. The number of nitrogens with zero attached hydrogens (tertiary/aromatic N) is 1. The van der Waals surface area contributed by atoms with Gasteiger partial charge in [-0.3, -0.25) is 9.59 Å². The number of hydrogen-bond donors (Lipinski definition) is 2. The van der Waals surface area contributed by atoms with Crippen LogP contribution in [0.4, 0.5) is 9.18 Å². The fraction of sp³-hybridized carbons (Fsp3) is 0.105. The summed E-state index contributed by atoms with van der Waals surface area (Å²) in [4.78, 5) is 35.4. The number of carboxylic acids is 1. The van der Waals surface area contributed by atoms with E-state index in [1.807, 2.05) is 0 Å². The quantitative estimate of drug-likeness (QED) is 0.438. The summed E-state index contributed by atoms with van der Waals surface area (Å²) in [6, 6.07) is 8.58. The molecule has 10 heteroatoms. The van der Waals surface area contributed by atoms with Crippen molar-refractivity contribution in [3.8, 4) is 5.75 Å². The zero-order chi connectivity index (χ0) is 21.1. The second kappa shape index (κ2) is 8.75. The van der Waals surface area contributed by atoms with Gasteiger partial charge in [0.25, 0.3) is 5.91 Å². The Morgan fingerprint density at radius 2 is 1.90 bits per heavy atom. The van der Waals surface area contributed by atoms with Crippen molar-refractivity contribution < 1.29 is 28.6 Å². The number of halogens is 3. The van der Waals surface area contributed by atoms with Gasteiger partial charge in [-0.25, -0.2) is 14.1 Å². The molecule has 29 heavy (non-hydrogen) atoms. The van der Waals surface area contributed by atoms with Crippen LogP contribution in [0, 0.1) is 5.82 Å². The van der Waals surface area contributed by atoms with E-state index in [2.05, 4.69) is 37.2 Å². The number of rotatable bonds is 6. The minimum Gasteiger partial charge on any atom is -0.487 e. The van der Waals surface area contributed by atoms with Crippen LogP contribution in [0.2, 0.25) is 0 Å². The lowest BCUT2D eigenvalue weighted by atomic mass is 10.2.